The van der Waals surface area contributed by atoms with Crippen molar-refractivity contribution in [2.24, 2.45) is 0 Å². The average molecular weight is 205 g/mol. The van der Waals surface area contributed by atoms with Gasteiger partial charge in [0.2, 0.25) is 0 Å². The van der Waals surface area contributed by atoms with Crippen molar-refractivity contribution in [1.29, 1.82) is 0 Å². The van der Waals surface area contributed by atoms with Crippen LogP contribution >= 0.6 is 0 Å². The Kier molecular flexibility index (Phi) is 3.75. The van der Waals surface area contributed by atoms with Crippen molar-refractivity contribution in [2.45, 2.75) is 25.9 Å². The van der Waals surface area contributed by atoms with Crippen LogP contribution in [-0.2, 0) is 11.3 Å². The van der Waals surface area contributed by atoms with Crippen molar-refractivity contribution in [3.63, 3.8) is 0 Å². The van der Waals surface area contributed by atoms with Crippen molar-refractivity contribution in [1.82, 2.24) is 4.90 Å². The zero-order valence-corrected chi connectivity index (χ0v) is 9.36. The maximum Gasteiger partial charge on any atom is 0.0622 e. The molecule has 0 amide bonds. The molecule has 2 rings (SSSR count). The molecule has 2 nitrogen and oxygen atoms in total. The van der Waals surface area contributed by atoms with Gasteiger partial charge < -0.3 is 4.74 Å². The van der Waals surface area contributed by atoms with Gasteiger partial charge in [-0.2, -0.15) is 0 Å². The summed E-state index contributed by atoms with van der Waals surface area (Å²) in [7, 11) is 0. The number of nitrogens with zero attached hydrogens (tertiary/aromatic N) is 1. The number of ether oxygens (including phenoxy) is 1. The summed E-state index contributed by atoms with van der Waals surface area (Å²) in [6.45, 7) is 6.13. The molecule has 1 aliphatic rings. The Hall–Kier alpha value is -0.860. The molecule has 1 saturated heterocycles. The van der Waals surface area contributed by atoms with Crippen LogP contribution in [0.2, 0.25) is 0 Å². The average Bonchev–Trinajstić information content (AvgIpc) is 2.31. The molecule has 1 fully saturated rings. The van der Waals surface area contributed by atoms with E-state index in [1.807, 2.05) is 0 Å². The van der Waals surface area contributed by atoms with Gasteiger partial charge in [0.25, 0.3) is 0 Å². The third kappa shape index (κ3) is 2.80. The fraction of sp³-hybridized carbons (Fsp3) is 0.538. The van der Waals surface area contributed by atoms with Gasteiger partial charge in [0.1, 0.15) is 0 Å². The van der Waals surface area contributed by atoms with Crippen molar-refractivity contribution < 1.29 is 4.74 Å². The maximum absolute atomic E-state index is 5.50. The van der Waals surface area contributed by atoms with E-state index in [0.29, 0.717) is 6.04 Å². The van der Waals surface area contributed by atoms with E-state index in [-0.39, 0.29) is 0 Å². The van der Waals surface area contributed by atoms with Gasteiger partial charge in [-0.1, -0.05) is 37.3 Å². The van der Waals surface area contributed by atoms with E-state index in [0.717, 1.165) is 26.3 Å². The minimum absolute atomic E-state index is 0.596. The minimum Gasteiger partial charge on any atom is -0.378 e. The Bertz CT molecular complexity index is 286. The van der Waals surface area contributed by atoms with Gasteiger partial charge in [0.15, 0.2) is 0 Å². The number of rotatable bonds is 3. The molecule has 82 valence electrons. The van der Waals surface area contributed by atoms with E-state index in [2.05, 4.69) is 42.2 Å². The quantitative estimate of drug-likeness (QED) is 0.750. The summed E-state index contributed by atoms with van der Waals surface area (Å²) < 4.78 is 5.50. The summed E-state index contributed by atoms with van der Waals surface area (Å²) in [4.78, 5) is 2.53. The van der Waals surface area contributed by atoms with Gasteiger partial charge in [0, 0.05) is 19.1 Å². The molecule has 0 spiro atoms. The lowest BCUT2D eigenvalue weighted by molar-refractivity contribution is -0.0127. The molecule has 2 heteroatoms. The number of hydrogen-bond acceptors (Lipinski definition) is 2. The summed E-state index contributed by atoms with van der Waals surface area (Å²) in [5.74, 6) is 0. The Morgan fingerprint density at radius 3 is 2.87 bits per heavy atom. The van der Waals surface area contributed by atoms with Gasteiger partial charge in [-0.3, -0.25) is 4.90 Å². The van der Waals surface area contributed by atoms with E-state index < -0.39 is 0 Å². The smallest absolute Gasteiger partial charge is 0.0622 e. The molecule has 1 aliphatic heterocycles. The van der Waals surface area contributed by atoms with E-state index in [1.165, 1.54) is 12.0 Å². The van der Waals surface area contributed by atoms with E-state index in [4.69, 9.17) is 4.74 Å². The van der Waals surface area contributed by atoms with Crippen molar-refractivity contribution >= 4 is 0 Å². The van der Waals surface area contributed by atoms with E-state index in [1.54, 1.807) is 0 Å². The Morgan fingerprint density at radius 2 is 2.13 bits per heavy atom. The van der Waals surface area contributed by atoms with Crippen LogP contribution in [0.1, 0.15) is 18.9 Å². The largest absolute Gasteiger partial charge is 0.378 e. The number of morpholine rings is 1. The summed E-state index contributed by atoms with van der Waals surface area (Å²) >= 11 is 0. The van der Waals surface area contributed by atoms with Crippen LogP contribution < -0.4 is 0 Å². The lowest BCUT2D eigenvalue weighted by Crippen LogP contribution is -2.44. The summed E-state index contributed by atoms with van der Waals surface area (Å²) in [6, 6.07) is 11.3. The van der Waals surface area contributed by atoms with Crippen LogP contribution in [0, 0.1) is 0 Å². The highest BCUT2D eigenvalue weighted by molar-refractivity contribution is 5.14. The van der Waals surface area contributed by atoms with E-state index in [9.17, 15) is 0 Å². The van der Waals surface area contributed by atoms with E-state index >= 15 is 0 Å². The Labute approximate surface area is 91.9 Å². The summed E-state index contributed by atoms with van der Waals surface area (Å²) in [5.41, 5.74) is 1.40. The first-order valence-electron chi connectivity index (χ1n) is 5.76. The first-order chi connectivity index (χ1) is 7.40. The van der Waals surface area contributed by atoms with Crippen molar-refractivity contribution in [2.75, 3.05) is 19.8 Å². The van der Waals surface area contributed by atoms with Gasteiger partial charge in [-0.05, 0) is 12.0 Å². The third-order valence-electron chi connectivity index (χ3n) is 3.05. The van der Waals surface area contributed by atoms with Crippen LogP contribution in [0.25, 0.3) is 0 Å². The fourth-order valence-corrected chi connectivity index (χ4v) is 2.09. The molecule has 0 aromatic heterocycles. The highest BCUT2D eigenvalue weighted by Crippen LogP contribution is 2.14. The highest BCUT2D eigenvalue weighted by Gasteiger charge is 2.20. The van der Waals surface area contributed by atoms with Crippen LogP contribution in [0.15, 0.2) is 30.3 Å². The zero-order valence-electron chi connectivity index (χ0n) is 9.36. The van der Waals surface area contributed by atoms with Gasteiger partial charge in [-0.15, -0.1) is 0 Å². The van der Waals surface area contributed by atoms with Crippen LogP contribution in [0.5, 0.6) is 0 Å². The normalized spacial score (nSPS) is 22.9. The highest BCUT2D eigenvalue weighted by atomic mass is 16.5. The number of benzene rings is 1. The summed E-state index contributed by atoms with van der Waals surface area (Å²) in [5, 5.41) is 0. The second-order valence-electron chi connectivity index (χ2n) is 4.09. The molecule has 0 bridgehead atoms. The molecule has 0 N–H and O–H groups in total. The predicted molar refractivity (Wildman–Crippen MR) is 61.8 cm³/mol. The van der Waals surface area contributed by atoms with Gasteiger partial charge in [-0.25, -0.2) is 0 Å². The van der Waals surface area contributed by atoms with Gasteiger partial charge >= 0.3 is 0 Å². The van der Waals surface area contributed by atoms with Crippen LogP contribution in [0.4, 0.5) is 0 Å². The number of hydrogen-bond donors (Lipinski definition) is 0. The first-order valence-corrected chi connectivity index (χ1v) is 5.76. The van der Waals surface area contributed by atoms with Crippen LogP contribution in [0.3, 0.4) is 0 Å². The minimum atomic E-state index is 0.596. The molecule has 0 aliphatic carbocycles. The summed E-state index contributed by atoms with van der Waals surface area (Å²) in [6.07, 6.45) is 1.17. The predicted octanol–water partition coefficient (Wildman–Crippen LogP) is 2.30. The zero-order chi connectivity index (χ0) is 10.5. The lowest BCUT2D eigenvalue weighted by atomic mass is 10.1. The molecule has 0 saturated carbocycles. The lowest BCUT2D eigenvalue weighted by Gasteiger charge is -2.35. The maximum atomic E-state index is 5.50. The molecular formula is C13H19NO. The Morgan fingerprint density at radius 1 is 1.33 bits per heavy atom. The molecule has 1 aromatic rings. The molecule has 1 atom stereocenters. The molecule has 1 heterocycles. The molecule has 0 radical (unpaired) electrons. The standard InChI is InChI=1S/C13H19NO/c1-2-13-11-15-9-8-14(13)10-12-6-4-3-5-7-12/h3-7,13H,2,8-11H2,1H3/t13-/m0/s1. The molecule has 1 aromatic carbocycles. The fourth-order valence-electron chi connectivity index (χ4n) is 2.09. The van der Waals surface area contributed by atoms with Crippen molar-refractivity contribution in [3.8, 4) is 0 Å². The van der Waals surface area contributed by atoms with Gasteiger partial charge in [0.05, 0.1) is 13.2 Å². The first kappa shape index (κ1) is 10.7. The molecule has 15 heavy (non-hydrogen) atoms. The second-order valence-corrected chi connectivity index (χ2v) is 4.09. The SMILES string of the molecule is CC[C@H]1COCCN1Cc1ccccc1. The monoisotopic (exact) mass is 205 g/mol. The van der Waals surface area contributed by atoms with Crippen LogP contribution in [-0.4, -0.2) is 30.7 Å². The second kappa shape index (κ2) is 5.29. The van der Waals surface area contributed by atoms with Crippen molar-refractivity contribution in [3.05, 3.63) is 35.9 Å². The molecular weight excluding hydrogens is 186 g/mol. The Balaban J connectivity index is 1.97. The topological polar surface area (TPSA) is 12.5 Å². The molecule has 0 unspecified atom stereocenters. The third-order valence-corrected chi connectivity index (χ3v) is 3.05.